The van der Waals surface area contributed by atoms with Gasteiger partial charge < -0.3 is 10.1 Å². The Morgan fingerprint density at radius 2 is 1.89 bits per heavy atom. The van der Waals surface area contributed by atoms with E-state index < -0.39 is 0 Å². The number of nitrogens with one attached hydrogen (secondary N) is 1. The molecule has 1 aliphatic rings. The number of ether oxygens (including phenoxy) is 1. The van der Waals surface area contributed by atoms with Crippen molar-refractivity contribution in [3.05, 3.63) is 58.2 Å². The number of rotatable bonds is 8. The zero-order chi connectivity index (χ0) is 19.4. The molecular formula is C20H21FN2O3S. The largest absolute Gasteiger partial charge is 0.379 e. The van der Waals surface area contributed by atoms with E-state index in [0.29, 0.717) is 24.3 Å². The standard InChI is InChI=1S/C20H21FN2O3S/c1-13(2)26-11-4-10-23-19(24)17(16-5-3-12-27-16)18(20(23)25)22-15-8-6-14(21)7-9-15/h3,5-9,12-13,22H,4,10-11H2,1-2H3. The van der Waals surface area contributed by atoms with E-state index in [-0.39, 0.29) is 36.0 Å². The number of anilines is 1. The van der Waals surface area contributed by atoms with Gasteiger partial charge in [0.2, 0.25) is 0 Å². The van der Waals surface area contributed by atoms with E-state index >= 15 is 0 Å². The summed E-state index contributed by atoms with van der Waals surface area (Å²) in [5.41, 5.74) is 1.12. The number of amides is 2. The van der Waals surface area contributed by atoms with Crippen LogP contribution in [0.25, 0.3) is 5.57 Å². The van der Waals surface area contributed by atoms with Gasteiger partial charge in [0.15, 0.2) is 0 Å². The molecule has 0 atom stereocenters. The third-order valence-corrected chi connectivity index (χ3v) is 4.91. The van der Waals surface area contributed by atoms with Crippen molar-refractivity contribution in [1.29, 1.82) is 0 Å². The molecule has 0 bridgehead atoms. The van der Waals surface area contributed by atoms with Gasteiger partial charge in [0, 0.05) is 23.7 Å². The average Bonchev–Trinajstić information content (AvgIpc) is 3.22. The summed E-state index contributed by atoms with van der Waals surface area (Å²) in [6.45, 7) is 4.64. The molecule has 3 rings (SSSR count). The van der Waals surface area contributed by atoms with Crippen LogP contribution in [0.2, 0.25) is 0 Å². The number of carbonyl (C=O) groups excluding carboxylic acids is 2. The van der Waals surface area contributed by atoms with Crippen LogP contribution in [0.1, 0.15) is 25.1 Å². The Morgan fingerprint density at radius 1 is 1.15 bits per heavy atom. The second-order valence-electron chi connectivity index (χ2n) is 6.39. The first-order valence-electron chi connectivity index (χ1n) is 8.76. The highest BCUT2D eigenvalue weighted by Crippen LogP contribution is 2.32. The van der Waals surface area contributed by atoms with Crippen molar-refractivity contribution in [2.24, 2.45) is 0 Å². The number of hydrogen-bond donors (Lipinski definition) is 1. The lowest BCUT2D eigenvalue weighted by Gasteiger charge is -2.16. The topological polar surface area (TPSA) is 58.6 Å². The van der Waals surface area contributed by atoms with Crippen molar-refractivity contribution < 1.29 is 18.7 Å². The molecular weight excluding hydrogens is 367 g/mol. The van der Waals surface area contributed by atoms with Crippen molar-refractivity contribution in [3.63, 3.8) is 0 Å². The van der Waals surface area contributed by atoms with Crippen LogP contribution in [0, 0.1) is 5.82 Å². The molecule has 1 N–H and O–H groups in total. The lowest BCUT2D eigenvalue weighted by atomic mass is 10.2. The molecule has 2 amide bonds. The number of thiophene rings is 1. The molecule has 0 unspecified atom stereocenters. The Bertz CT molecular complexity index is 845. The first-order valence-corrected chi connectivity index (χ1v) is 9.64. The maximum atomic E-state index is 13.2. The highest BCUT2D eigenvalue weighted by molar-refractivity contribution is 7.11. The highest BCUT2D eigenvalue weighted by Gasteiger charge is 2.39. The monoisotopic (exact) mass is 388 g/mol. The van der Waals surface area contributed by atoms with Crippen molar-refractivity contribution >= 4 is 34.4 Å². The van der Waals surface area contributed by atoms with Crippen LogP contribution in [0.3, 0.4) is 0 Å². The van der Waals surface area contributed by atoms with Crippen LogP contribution >= 0.6 is 11.3 Å². The minimum absolute atomic E-state index is 0.102. The van der Waals surface area contributed by atoms with Crippen LogP contribution in [0.15, 0.2) is 47.5 Å². The summed E-state index contributed by atoms with van der Waals surface area (Å²) in [6, 6.07) is 9.31. The third kappa shape index (κ3) is 4.43. The SMILES string of the molecule is CC(C)OCCCN1C(=O)C(Nc2ccc(F)cc2)=C(c2cccs2)C1=O. The molecule has 5 nitrogen and oxygen atoms in total. The van der Waals surface area contributed by atoms with Gasteiger partial charge in [-0.15, -0.1) is 11.3 Å². The Hall–Kier alpha value is -2.51. The molecule has 1 aromatic heterocycles. The van der Waals surface area contributed by atoms with Gasteiger partial charge in [-0.3, -0.25) is 14.5 Å². The minimum Gasteiger partial charge on any atom is -0.379 e. The maximum Gasteiger partial charge on any atom is 0.278 e. The Kier molecular flexibility index (Phi) is 6.03. The quantitative estimate of drug-likeness (QED) is 0.551. The highest BCUT2D eigenvalue weighted by atomic mass is 32.1. The fourth-order valence-corrected chi connectivity index (χ4v) is 3.53. The van der Waals surface area contributed by atoms with Crippen molar-refractivity contribution in [2.45, 2.75) is 26.4 Å². The van der Waals surface area contributed by atoms with Crippen molar-refractivity contribution in [2.75, 3.05) is 18.5 Å². The van der Waals surface area contributed by atoms with Gasteiger partial charge in [0.25, 0.3) is 11.8 Å². The molecule has 0 saturated carbocycles. The van der Waals surface area contributed by atoms with Gasteiger partial charge in [-0.1, -0.05) is 6.07 Å². The van der Waals surface area contributed by atoms with Crippen LogP contribution in [0.5, 0.6) is 0 Å². The van der Waals surface area contributed by atoms with Gasteiger partial charge >= 0.3 is 0 Å². The van der Waals surface area contributed by atoms with Gasteiger partial charge in [0.1, 0.15) is 11.5 Å². The number of imide groups is 1. The molecule has 0 radical (unpaired) electrons. The third-order valence-electron chi connectivity index (χ3n) is 4.03. The molecule has 2 heterocycles. The van der Waals surface area contributed by atoms with Gasteiger partial charge in [-0.05, 0) is 56.0 Å². The smallest absolute Gasteiger partial charge is 0.278 e. The van der Waals surface area contributed by atoms with E-state index in [4.69, 9.17) is 4.74 Å². The maximum absolute atomic E-state index is 13.2. The zero-order valence-electron chi connectivity index (χ0n) is 15.2. The number of nitrogens with zero attached hydrogens (tertiary/aromatic N) is 1. The van der Waals surface area contributed by atoms with E-state index in [2.05, 4.69) is 5.32 Å². The Morgan fingerprint density at radius 3 is 2.52 bits per heavy atom. The van der Waals surface area contributed by atoms with Crippen LogP contribution in [0.4, 0.5) is 10.1 Å². The van der Waals surface area contributed by atoms with Crippen LogP contribution in [-0.4, -0.2) is 36.0 Å². The molecule has 2 aromatic rings. The molecule has 142 valence electrons. The van der Waals surface area contributed by atoms with E-state index in [0.717, 1.165) is 4.88 Å². The van der Waals surface area contributed by atoms with Crippen LogP contribution in [-0.2, 0) is 14.3 Å². The fourth-order valence-electron chi connectivity index (χ4n) is 2.76. The molecule has 0 spiro atoms. The van der Waals surface area contributed by atoms with Gasteiger partial charge in [-0.25, -0.2) is 4.39 Å². The van der Waals surface area contributed by atoms with Gasteiger partial charge in [-0.2, -0.15) is 0 Å². The number of halogens is 1. The average molecular weight is 388 g/mol. The van der Waals surface area contributed by atoms with E-state index in [1.807, 2.05) is 31.4 Å². The predicted octanol–water partition coefficient (Wildman–Crippen LogP) is 3.89. The molecule has 0 saturated heterocycles. The fraction of sp³-hybridized carbons (Fsp3) is 0.300. The Balaban J connectivity index is 1.83. The van der Waals surface area contributed by atoms with Crippen molar-refractivity contribution in [3.8, 4) is 0 Å². The number of hydrogen-bond acceptors (Lipinski definition) is 5. The first kappa shape index (κ1) is 19.3. The molecule has 7 heteroatoms. The summed E-state index contributed by atoms with van der Waals surface area (Å²) in [5.74, 6) is -1.07. The second kappa shape index (κ2) is 8.45. The summed E-state index contributed by atoms with van der Waals surface area (Å²) < 4.78 is 18.6. The summed E-state index contributed by atoms with van der Waals surface area (Å²) in [4.78, 5) is 27.8. The van der Waals surface area contributed by atoms with Gasteiger partial charge in [0.05, 0.1) is 11.7 Å². The van der Waals surface area contributed by atoms with E-state index in [1.54, 1.807) is 0 Å². The lowest BCUT2D eigenvalue weighted by molar-refractivity contribution is -0.137. The van der Waals surface area contributed by atoms with Crippen molar-refractivity contribution in [1.82, 2.24) is 4.90 Å². The molecule has 0 fully saturated rings. The molecule has 1 aromatic carbocycles. The summed E-state index contributed by atoms with van der Waals surface area (Å²) in [6.07, 6.45) is 0.669. The first-order chi connectivity index (χ1) is 13.0. The molecule has 0 aliphatic carbocycles. The zero-order valence-corrected chi connectivity index (χ0v) is 16.0. The summed E-state index contributed by atoms with van der Waals surface area (Å²) >= 11 is 1.39. The summed E-state index contributed by atoms with van der Waals surface area (Å²) in [5, 5.41) is 4.86. The minimum atomic E-state index is -0.378. The normalized spacial score (nSPS) is 14.6. The lowest BCUT2D eigenvalue weighted by Crippen LogP contribution is -2.34. The predicted molar refractivity (Wildman–Crippen MR) is 104 cm³/mol. The van der Waals surface area contributed by atoms with Crippen LogP contribution < -0.4 is 5.32 Å². The summed E-state index contributed by atoms with van der Waals surface area (Å²) in [7, 11) is 0. The number of carbonyl (C=O) groups is 2. The van der Waals surface area contributed by atoms with E-state index in [9.17, 15) is 14.0 Å². The second-order valence-corrected chi connectivity index (χ2v) is 7.34. The Labute approximate surface area is 161 Å². The van der Waals surface area contributed by atoms with E-state index in [1.165, 1.54) is 40.5 Å². The number of benzene rings is 1. The molecule has 27 heavy (non-hydrogen) atoms. The molecule has 1 aliphatic heterocycles.